The Bertz CT molecular complexity index is 377. The third-order valence-electron chi connectivity index (χ3n) is 2.27. The van der Waals surface area contributed by atoms with Gasteiger partial charge in [0, 0.05) is 6.04 Å². The monoisotopic (exact) mass is 237 g/mol. The highest BCUT2D eigenvalue weighted by molar-refractivity contribution is 5.70. The fourth-order valence-corrected chi connectivity index (χ4v) is 1.47. The summed E-state index contributed by atoms with van der Waals surface area (Å²) < 4.78 is 10.2. The maximum absolute atomic E-state index is 11.1. The second-order valence-corrected chi connectivity index (χ2v) is 4.13. The molecule has 0 unspecified atom stereocenters. The van der Waals surface area contributed by atoms with Crippen molar-refractivity contribution in [2.24, 2.45) is 5.73 Å². The fraction of sp³-hybridized carbons (Fsp3) is 0.462. The van der Waals surface area contributed by atoms with Crippen LogP contribution in [0.25, 0.3) is 0 Å². The van der Waals surface area contributed by atoms with E-state index in [0.717, 1.165) is 11.3 Å². The summed E-state index contributed by atoms with van der Waals surface area (Å²) in [6.07, 6.45) is 0.281. The maximum Gasteiger partial charge on any atom is 0.307 e. The van der Waals surface area contributed by atoms with E-state index in [1.807, 2.05) is 38.1 Å². The van der Waals surface area contributed by atoms with E-state index in [1.165, 1.54) is 7.11 Å². The van der Waals surface area contributed by atoms with Crippen molar-refractivity contribution in [3.05, 3.63) is 29.8 Å². The van der Waals surface area contributed by atoms with E-state index in [0.29, 0.717) is 0 Å². The quantitative estimate of drug-likeness (QED) is 0.796. The number of hydrogen-bond acceptors (Lipinski definition) is 4. The van der Waals surface area contributed by atoms with E-state index in [4.69, 9.17) is 10.5 Å². The van der Waals surface area contributed by atoms with Gasteiger partial charge in [-0.3, -0.25) is 4.79 Å². The van der Waals surface area contributed by atoms with Gasteiger partial charge in [-0.15, -0.1) is 0 Å². The largest absolute Gasteiger partial charge is 0.491 e. The van der Waals surface area contributed by atoms with Crippen molar-refractivity contribution < 1.29 is 14.3 Å². The number of rotatable bonds is 5. The molecule has 0 saturated heterocycles. The molecule has 0 bridgehead atoms. The van der Waals surface area contributed by atoms with E-state index in [-0.39, 0.29) is 24.5 Å². The van der Waals surface area contributed by atoms with E-state index in [1.54, 1.807) is 0 Å². The first kappa shape index (κ1) is 13.5. The molecule has 0 aromatic heterocycles. The summed E-state index contributed by atoms with van der Waals surface area (Å²) in [6, 6.07) is 7.10. The van der Waals surface area contributed by atoms with Crippen LogP contribution in [0.3, 0.4) is 0 Å². The first-order chi connectivity index (χ1) is 8.02. The Kier molecular flexibility index (Phi) is 4.97. The van der Waals surface area contributed by atoms with Crippen molar-refractivity contribution in [2.75, 3.05) is 7.11 Å². The summed E-state index contributed by atoms with van der Waals surface area (Å²) >= 11 is 0. The molecule has 94 valence electrons. The van der Waals surface area contributed by atoms with E-state index >= 15 is 0 Å². The molecule has 0 aliphatic carbocycles. The molecule has 0 fully saturated rings. The van der Waals surface area contributed by atoms with E-state index < -0.39 is 0 Å². The highest BCUT2D eigenvalue weighted by atomic mass is 16.5. The van der Waals surface area contributed by atoms with Crippen LogP contribution < -0.4 is 10.5 Å². The van der Waals surface area contributed by atoms with Crippen LogP contribution in [0.15, 0.2) is 24.3 Å². The standard InChI is InChI=1S/C13H19NO3/c1-9(2)17-11-6-4-5-10(7-11)12(14)8-13(15)16-3/h4-7,9,12H,8,14H2,1-3H3/t12-/m1/s1. The van der Waals surface area contributed by atoms with E-state index in [2.05, 4.69) is 4.74 Å². The zero-order chi connectivity index (χ0) is 12.8. The topological polar surface area (TPSA) is 61.5 Å². The second kappa shape index (κ2) is 6.25. The molecular weight excluding hydrogens is 218 g/mol. The molecule has 0 amide bonds. The average Bonchev–Trinajstić information content (AvgIpc) is 2.28. The molecule has 1 rings (SSSR count). The molecule has 4 heteroatoms. The van der Waals surface area contributed by atoms with Gasteiger partial charge in [0.2, 0.25) is 0 Å². The Hall–Kier alpha value is -1.55. The molecule has 1 aromatic carbocycles. The lowest BCUT2D eigenvalue weighted by molar-refractivity contribution is -0.141. The first-order valence-corrected chi connectivity index (χ1v) is 5.62. The number of hydrogen-bond donors (Lipinski definition) is 1. The van der Waals surface area contributed by atoms with Gasteiger partial charge in [0.05, 0.1) is 19.6 Å². The van der Waals surface area contributed by atoms with Gasteiger partial charge >= 0.3 is 5.97 Å². The molecular formula is C13H19NO3. The maximum atomic E-state index is 11.1. The molecule has 0 aliphatic heterocycles. The van der Waals surface area contributed by atoms with Crippen molar-refractivity contribution in [1.29, 1.82) is 0 Å². The lowest BCUT2D eigenvalue weighted by Crippen LogP contribution is -2.16. The Balaban J connectivity index is 2.73. The van der Waals surface area contributed by atoms with Crippen molar-refractivity contribution in [3.63, 3.8) is 0 Å². The highest BCUT2D eigenvalue weighted by Crippen LogP contribution is 2.21. The minimum Gasteiger partial charge on any atom is -0.491 e. The summed E-state index contributed by atoms with van der Waals surface area (Å²) in [5.41, 5.74) is 6.78. The highest BCUT2D eigenvalue weighted by Gasteiger charge is 2.12. The van der Waals surface area contributed by atoms with Gasteiger partial charge < -0.3 is 15.2 Å². The lowest BCUT2D eigenvalue weighted by Gasteiger charge is -2.14. The number of esters is 1. The molecule has 4 nitrogen and oxygen atoms in total. The number of nitrogens with two attached hydrogens (primary N) is 1. The van der Waals surface area contributed by atoms with Gasteiger partial charge in [0.15, 0.2) is 0 Å². The van der Waals surface area contributed by atoms with Gasteiger partial charge in [-0.2, -0.15) is 0 Å². The zero-order valence-electron chi connectivity index (χ0n) is 10.5. The molecule has 0 aliphatic rings. The fourth-order valence-electron chi connectivity index (χ4n) is 1.47. The molecule has 1 aromatic rings. The summed E-state index contributed by atoms with van der Waals surface area (Å²) in [6.45, 7) is 3.92. The summed E-state index contributed by atoms with van der Waals surface area (Å²) in [4.78, 5) is 11.1. The third-order valence-corrected chi connectivity index (χ3v) is 2.27. The van der Waals surface area contributed by atoms with Crippen LogP contribution in [0.5, 0.6) is 5.75 Å². The molecule has 17 heavy (non-hydrogen) atoms. The van der Waals surface area contributed by atoms with Crippen LogP contribution in [0.1, 0.15) is 31.9 Å². The molecule has 0 radical (unpaired) electrons. The van der Waals surface area contributed by atoms with Gasteiger partial charge in [-0.05, 0) is 31.5 Å². The minimum absolute atomic E-state index is 0.113. The minimum atomic E-state index is -0.363. The Morgan fingerprint density at radius 3 is 2.71 bits per heavy atom. The van der Waals surface area contributed by atoms with Crippen LogP contribution in [-0.2, 0) is 9.53 Å². The van der Waals surface area contributed by atoms with Crippen LogP contribution in [-0.4, -0.2) is 19.2 Å². The Morgan fingerprint density at radius 2 is 2.12 bits per heavy atom. The average molecular weight is 237 g/mol. The Labute approximate surface area is 102 Å². The van der Waals surface area contributed by atoms with Crippen LogP contribution in [0.2, 0.25) is 0 Å². The summed E-state index contributed by atoms with van der Waals surface area (Å²) in [5, 5.41) is 0. The van der Waals surface area contributed by atoms with Crippen molar-refractivity contribution in [3.8, 4) is 5.75 Å². The Morgan fingerprint density at radius 1 is 1.41 bits per heavy atom. The number of benzene rings is 1. The van der Waals surface area contributed by atoms with Crippen molar-refractivity contribution in [1.82, 2.24) is 0 Å². The predicted octanol–water partition coefficient (Wildman–Crippen LogP) is 2.04. The number of carbonyl (C=O) groups is 1. The van der Waals surface area contributed by atoms with Gasteiger partial charge in [0.25, 0.3) is 0 Å². The van der Waals surface area contributed by atoms with Crippen LogP contribution >= 0.6 is 0 Å². The molecule has 1 atom stereocenters. The molecule has 0 spiro atoms. The number of carbonyl (C=O) groups excluding carboxylic acids is 1. The molecule has 0 saturated carbocycles. The smallest absolute Gasteiger partial charge is 0.307 e. The van der Waals surface area contributed by atoms with Gasteiger partial charge in [-0.25, -0.2) is 0 Å². The SMILES string of the molecule is COC(=O)C[C@@H](N)c1cccc(OC(C)C)c1. The molecule has 0 heterocycles. The number of methoxy groups -OCH3 is 1. The number of ether oxygens (including phenoxy) is 2. The second-order valence-electron chi connectivity index (χ2n) is 4.13. The first-order valence-electron chi connectivity index (χ1n) is 5.62. The van der Waals surface area contributed by atoms with Crippen LogP contribution in [0.4, 0.5) is 0 Å². The zero-order valence-corrected chi connectivity index (χ0v) is 10.5. The van der Waals surface area contributed by atoms with Gasteiger partial charge in [0.1, 0.15) is 5.75 Å². The van der Waals surface area contributed by atoms with Gasteiger partial charge in [-0.1, -0.05) is 12.1 Å². The van der Waals surface area contributed by atoms with Crippen molar-refractivity contribution in [2.45, 2.75) is 32.4 Å². The lowest BCUT2D eigenvalue weighted by atomic mass is 10.0. The van der Waals surface area contributed by atoms with Crippen LogP contribution in [0, 0.1) is 0 Å². The normalized spacial score (nSPS) is 12.3. The summed E-state index contributed by atoms with van der Waals surface area (Å²) in [7, 11) is 1.35. The predicted molar refractivity (Wildman–Crippen MR) is 65.8 cm³/mol. The molecule has 2 N–H and O–H groups in total. The van der Waals surface area contributed by atoms with Crippen molar-refractivity contribution >= 4 is 5.97 Å². The third kappa shape index (κ3) is 4.44. The summed E-state index contributed by atoms with van der Waals surface area (Å²) in [5.74, 6) is 0.450. The van der Waals surface area contributed by atoms with E-state index in [9.17, 15) is 4.79 Å².